The van der Waals surface area contributed by atoms with E-state index in [1.807, 2.05) is 38.4 Å². The third-order valence-electron chi connectivity index (χ3n) is 2.82. The highest BCUT2D eigenvalue weighted by molar-refractivity contribution is 5.66. The minimum atomic E-state index is 0.785. The van der Waals surface area contributed by atoms with Crippen LogP contribution in [0.2, 0.25) is 0 Å². The van der Waals surface area contributed by atoms with Crippen LogP contribution in [-0.2, 0) is 0 Å². The van der Waals surface area contributed by atoms with Crippen LogP contribution in [0, 0.1) is 0 Å². The van der Waals surface area contributed by atoms with Gasteiger partial charge in [-0.25, -0.2) is 0 Å². The molecule has 0 bridgehead atoms. The van der Waals surface area contributed by atoms with Crippen molar-refractivity contribution in [2.75, 3.05) is 30.0 Å². The van der Waals surface area contributed by atoms with Crippen molar-refractivity contribution in [1.82, 2.24) is 0 Å². The highest BCUT2D eigenvalue weighted by Crippen LogP contribution is 2.25. The largest absolute Gasteiger partial charge is 0.399 e. The third-order valence-corrected chi connectivity index (χ3v) is 2.82. The van der Waals surface area contributed by atoms with E-state index in [-0.39, 0.29) is 0 Å². The Balaban J connectivity index is 2.23. The maximum atomic E-state index is 5.68. The Morgan fingerprint density at radius 1 is 0.882 bits per heavy atom. The fourth-order valence-corrected chi connectivity index (χ4v) is 1.70. The van der Waals surface area contributed by atoms with Gasteiger partial charge in [-0.1, -0.05) is 0 Å². The zero-order valence-electron chi connectivity index (χ0n) is 10.1. The van der Waals surface area contributed by atoms with Crippen molar-refractivity contribution >= 4 is 22.7 Å². The van der Waals surface area contributed by atoms with Crippen molar-refractivity contribution in [3.05, 3.63) is 48.5 Å². The standard InChI is InChI=1S/C14H17N3/c1-16-12-5-9-14(10-6-12)17(2)13-7-3-11(15)4-8-13/h3-10,16H,15H2,1-2H3. The molecular weight excluding hydrogens is 210 g/mol. The van der Waals surface area contributed by atoms with Crippen LogP contribution in [0.4, 0.5) is 22.7 Å². The maximum absolute atomic E-state index is 5.68. The molecule has 0 atom stereocenters. The number of benzene rings is 2. The predicted molar refractivity (Wildman–Crippen MR) is 74.9 cm³/mol. The summed E-state index contributed by atoms with van der Waals surface area (Å²) in [6.45, 7) is 0. The molecule has 0 unspecified atom stereocenters. The fraction of sp³-hybridized carbons (Fsp3) is 0.143. The van der Waals surface area contributed by atoms with E-state index >= 15 is 0 Å². The van der Waals surface area contributed by atoms with Crippen molar-refractivity contribution in [1.29, 1.82) is 0 Å². The van der Waals surface area contributed by atoms with Crippen LogP contribution in [0.15, 0.2) is 48.5 Å². The lowest BCUT2D eigenvalue weighted by Crippen LogP contribution is -2.09. The molecule has 0 aliphatic heterocycles. The Bertz CT molecular complexity index is 474. The van der Waals surface area contributed by atoms with Gasteiger partial charge in [0.2, 0.25) is 0 Å². The van der Waals surface area contributed by atoms with Crippen molar-refractivity contribution in [2.45, 2.75) is 0 Å². The van der Waals surface area contributed by atoms with Gasteiger partial charge in [-0.05, 0) is 48.5 Å². The smallest absolute Gasteiger partial charge is 0.0409 e. The summed E-state index contributed by atoms with van der Waals surface area (Å²) in [5.74, 6) is 0. The van der Waals surface area contributed by atoms with E-state index in [9.17, 15) is 0 Å². The maximum Gasteiger partial charge on any atom is 0.0409 e. The molecule has 3 heteroatoms. The zero-order chi connectivity index (χ0) is 12.3. The Hall–Kier alpha value is -2.16. The number of nitrogen functional groups attached to an aromatic ring is 1. The lowest BCUT2D eigenvalue weighted by molar-refractivity contribution is 1.21. The highest BCUT2D eigenvalue weighted by atomic mass is 15.1. The molecule has 0 aliphatic carbocycles. The van der Waals surface area contributed by atoms with Crippen LogP contribution < -0.4 is 16.0 Å². The lowest BCUT2D eigenvalue weighted by atomic mass is 10.2. The Morgan fingerprint density at radius 3 is 1.82 bits per heavy atom. The fourth-order valence-electron chi connectivity index (χ4n) is 1.70. The van der Waals surface area contributed by atoms with Gasteiger partial charge in [0.05, 0.1) is 0 Å². The summed E-state index contributed by atoms with van der Waals surface area (Å²) in [5.41, 5.74) is 9.84. The quantitative estimate of drug-likeness (QED) is 0.792. The van der Waals surface area contributed by atoms with Gasteiger partial charge in [0.1, 0.15) is 0 Å². The topological polar surface area (TPSA) is 41.3 Å². The second-order valence-electron chi connectivity index (χ2n) is 3.95. The molecule has 3 nitrogen and oxygen atoms in total. The van der Waals surface area contributed by atoms with Crippen molar-refractivity contribution < 1.29 is 0 Å². The van der Waals surface area contributed by atoms with Crippen molar-refractivity contribution in [3.63, 3.8) is 0 Å². The van der Waals surface area contributed by atoms with Crippen LogP contribution >= 0.6 is 0 Å². The molecule has 3 N–H and O–H groups in total. The van der Waals surface area contributed by atoms with E-state index in [1.54, 1.807) is 0 Å². The number of hydrogen-bond donors (Lipinski definition) is 2. The van der Waals surface area contributed by atoms with E-state index in [0.717, 1.165) is 22.7 Å². The number of anilines is 4. The lowest BCUT2D eigenvalue weighted by Gasteiger charge is -2.20. The van der Waals surface area contributed by atoms with Crippen LogP contribution in [-0.4, -0.2) is 14.1 Å². The minimum absolute atomic E-state index is 0.785. The molecule has 0 spiro atoms. The molecule has 0 saturated heterocycles. The molecule has 0 saturated carbocycles. The molecule has 88 valence electrons. The van der Waals surface area contributed by atoms with Crippen LogP contribution in [0.1, 0.15) is 0 Å². The van der Waals surface area contributed by atoms with E-state index in [4.69, 9.17) is 5.73 Å². The second kappa shape index (κ2) is 4.78. The van der Waals surface area contributed by atoms with E-state index in [2.05, 4.69) is 34.5 Å². The van der Waals surface area contributed by atoms with Gasteiger partial charge < -0.3 is 16.0 Å². The first kappa shape index (κ1) is 11.3. The first-order valence-corrected chi connectivity index (χ1v) is 5.58. The molecule has 0 radical (unpaired) electrons. The molecule has 0 aliphatic rings. The molecule has 0 fully saturated rings. The van der Waals surface area contributed by atoms with Gasteiger partial charge in [0.15, 0.2) is 0 Å². The molecule has 2 aromatic carbocycles. The average molecular weight is 227 g/mol. The molecule has 2 aromatic rings. The number of nitrogens with two attached hydrogens (primary N) is 1. The first-order valence-electron chi connectivity index (χ1n) is 5.58. The Labute approximate surface area is 102 Å². The number of rotatable bonds is 3. The van der Waals surface area contributed by atoms with Crippen molar-refractivity contribution in [2.24, 2.45) is 0 Å². The molecule has 17 heavy (non-hydrogen) atoms. The summed E-state index contributed by atoms with van der Waals surface area (Å²) in [7, 11) is 3.96. The summed E-state index contributed by atoms with van der Waals surface area (Å²) < 4.78 is 0. The molecular formula is C14H17N3. The van der Waals surface area contributed by atoms with Gasteiger partial charge >= 0.3 is 0 Å². The molecule has 0 heterocycles. The summed E-state index contributed by atoms with van der Waals surface area (Å²) >= 11 is 0. The van der Waals surface area contributed by atoms with Gasteiger partial charge in [-0.2, -0.15) is 0 Å². The normalized spacial score (nSPS) is 10.0. The van der Waals surface area contributed by atoms with Crippen LogP contribution in [0.25, 0.3) is 0 Å². The molecule has 0 aromatic heterocycles. The van der Waals surface area contributed by atoms with Crippen LogP contribution in [0.5, 0.6) is 0 Å². The van der Waals surface area contributed by atoms with Gasteiger partial charge in [-0.15, -0.1) is 0 Å². The van der Waals surface area contributed by atoms with E-state index in [1.165, 1.54) is 0 Å². The summed E-state index contributed by atoms with van der Waals surface area (Å²) in [6.07, 6.45) is 0. The summed E-state index contributed by atoms with van der Waals surface area (Å²) in [5, 5.41) is 3.11. The van der Waals surface area contributed by atoms with Gasteiger partial charge in [0, 0.05) is 36.8 Å². The van der Waals surface area contributed by atoms with E-state index < -0.39 is 0 Å². The predicted octanol–water partition coefficient (Wildman–Crippen LogP) is 3.08. The van der Waals surface area contributed by atoms with Crippen LogP contribution in [0.3, 0.4) is 0 Å². The highest BCUT2D eigenvalue weighted by Gasteiger charge is 2.03. The molecule has 0 amide bonds. The summed E-state index contributed by atoms with van der Waals surface area (Å²) in [4.78, 5) is 2.12. The third kappa shape index (κ3) is 2.50. The Kier molecular flexibility index (Phi) is 3.19. The summed E-state index contributed by atoms with van der Waals surface area (Å²) in [6, 6.07) is 16.1. The Morgan fingerprint density at radius 2 is 1.35 bits per heavy atom. The minimum Gasteiger partial charge on any atom is -0.399 e. The number of nitrogens with zero attached hydrogens (tertiary/aromatic N) is 1. The molecule has 2 rings (SSSR count). The zero-order valence-corrected chi connectivity index (χ0v) is 10.1. The average Bonchev–Trinajstić information content (AvgIpc) is 2.39. The van der Waals surface area contributed by atoms with E-state index in [0.29, 0.717) is 0 Å². The van der Waals surface area contributed by atoms with Gasteiger partial charge in [-0.3, -0.25) is 0 Å². The second-order valence-corrected chi connectivity index (χ2v) is 3.95. The van der Waals surface area contributed by atoms with Gasteiger partial charge in [0.25, 0.3) is 0 Å². The monoisotopic (exact) mass is 227 g/mol. The number of nitrogens with one attached hydrogen (secondary N) is 1. The first-order chi connectivity index (χ1) is 8.20. The SMILES string of the molecule is CNc1ccc(N(C)c2ccc(N)cc2)cc1. The number of hydrogen-bond acceptors (Lipinski definition) is 3. The van der Waals surface area contributed by atoms with Crippen molar-refractivity contribution in [3.8, 4) is 0 Å².